The van der Waals surface area contributed by atoms with E-state index in [2.05, 4.69) is 22.1 Å². The zero-order chi connectivity index (χ0) is 16.6. The van der Waals surface area contributed by atoms with Gasteiger partial charge in [0, 0.05) is 43.1 Å². The van der Waals surface area contributed by atoms with Crippen LogP contribution in [0.5, 0.6) is 0 Å². The molecule has 3 fully saturated rings. The van der Waals surface area contributed by atoms with E-state index in [4.69, 9.17) is 4.74 Å². The van der Waals surface area contributed by atoms with Crippen molar-refractivity contribution >= 4 is 17.2 Å². The number of aromatic nitrogens is 1. The molecular formula is C18H27N3O2S. The summed E-state index contributed by atoms with van der Waals surface area (Å²) in [5, 5.41) is 3.27. The molecule has 1 aliphatic carbocycles. The van der Waals surface area contributed by atoms with E-state index in [-0.39, 0.29) is 11.5 Å². The third-order valence-electron chi connectivity index (χ3n) is 5.77. The van der Waals surface area contributed by atoms with Gasteiger partial charge in [-0.25, -0.2) is 4.98 Å². The van der Waals surface area contributed by atoms with Gasteiger partial charge in [-0.05, 0) is 45.4 Å². The molecule has 2 aliphatic heterocycles. The average Bonchev–Trinajstić information content (AvgIpc) is 3.35. The summed E-state index contributed by atoms with van der Waals surface area (Å²) in [7, 11) is 0. The van der Waals surface area contributed by atoms with E-state index in [1.54, 1.807) is 11.3 Å². The first kappa shape index (κ1) is 16.5. The molecule has 0 aromatic carbocycles. The molecule has 3 heterocycles. The minimum absolute atomic E-state index is 0.0149. The normalized spacial score (nSPS) is 27.3. The van der Waals surface area contributed by atoms with Crippen molar-refractivity contribution in [1.82, 2.24) is 15.2 Å². The van der Waals surface area contributed by atoms with Gasteiger partial charge in [-0.15, -0.1) is 11.3 Å². The van der Waals surface area contributed by atoms with Crippen LogP contribution in [0, 0.1) is 12.8 Å². The number of hydrogen-bond acceptors (Lipinski definition) is 5. The average molecular weight is 350 g/mol. The Morgan fingerprint density at radius 3 is 2.88 bits per heavy atom. The van der Waals surface area contributed by atoms with Gasteiger partial charge in [0.05, 0.1) is 16.8 Å². The largest absolute Gasteiger partial charge is 0.375 e. The highest BCUT2D eigenvalue weighted by Gasteiger charge is 2.41. The van der Waals surface area contributed by atoms with Crippen molar-refractivity contribution in [2.24, 2.45) is 5.92 Å². The van der Waals surface area contributed by atoms with Crippen LogP contribution >= 0.6 is 11.3 Å². The van der Waals surface area contributed by atoms with Crippen LogP contribution in [0.4, 0.5) is 0 Å². The second-order valence-electron chi connectivity index (χ2n) is 7.64. The Bertz CT molecular complexity index is 591. The monoisotopic (exact) mass is 349 g/mol. The van der Waals surface area contributed by atoms with Crippen molar-refractivity contribution in [1.29, 1.82) is 0 Å². The molecule has 1 aromatic heterocycles. The molecule has 1 N–H and O–H groups in total. The van der Waals surface area contributed by atoms with Gasteiger partial charge in [0.25, 0.3) is 0 Å². The molecular weight excluding hydrogens is 322 g/mol. The minimum atomic E-state index is -0.0149. The number of hydrogen-bond donors (Lipinski definition) is 1. The van der Waals surface area contributed by atoms with Crippen molar-refractivity contribution in [3.63, 3.8) is 0 Å². The smallest absolute Gasteiger partial charge is 0.223 e. The van der Waals surface area contributed by atoms with Crippen LogP contribution in [-0.4, -0.2) is 47.1 Å². The van der Waals surface area contributed by atoms with Gasteiger partial charge in [-0.1, -0.05) is 0 Å². The molecule has 1 aromatic rings. The standard InChI is InChI=1S/C18H27N3O2S/c1-13-16(24-12-19-13)11-21-7-5-18(6-8-21)10-15(4-9-23-18)20-17(22)14-2-3-14/h12,14-15H,2-11H2,1H3,(H,20,22). The molecule has 5 nitrogen and oxygen atoms in total. The molecule has 4 rings (SSSR count). The molecule has 1 spiro atoms. The Balaban J connectivity index is 1.30. The number of rotatable bonds is 4. The topological polar surface area (TPSA) is 54.5 Å². The lowest BCUT2D eigenvalue weighted by atomic mass is 9.82. The third-order valence-corrected chi connectivity index (χ3v) is 6.69. The molecule has 0 bridgehead atoms. The summed E-state index contributed by atoms with van der Waals surface area (Å²) in [5.41, 5.74) is 3.09. The summed E-state index contributed by atoms with van der Waals surface area (Å²) in [5.74, 6) is 0.573. The highest BCUT2D eigenvalue weighted by Crippen LogP contribution is 2.36. The molecule has 3 aliphatic rings. The van der Waals surface area contributed by atoms with Crippen LogP contribution in [-0.2, 0) is 16.1 Å². The summed E-state index contributed by atoms with van der Waals surface area (Å²) < 4.78 is 6.21. The van der Waals surface area contributed by atoms with Gasteiger partial charge in [0.1, 0.15) is 0 Å². The molecule has 1 atom stereocenters. The third kappa shape index (κ3) is 3.65. The van der Waals surface area contributed by atoms with E-state index in [1.807, 2.05) is 5.51 Å². The number of nitrogens with zero attached hydrogens (tertiary/aromatic N) is 2. The van der Waals surface area contributed by atoms with Gasteiger partial charge in [0.15, 0.2) is 0 Å². The Morgan fingerprint density at radius 1 is 1.42 bits per heavy atom. The number of ether oxygens (including phenoxy) is 1. The molecule has 1 saturated carbocycles. The summed E-state index contributed by atoms with van der Waals surface area (Å²) in [4.78, 5) is 20.3. The van der Waals surface area contributed by atoms with E-state index in [0.29, 0.717) is 12.0 Å². The van der Waals surface area contributed by atoms with Crippen molar-refractivity contribution < 1.29 is 9.53 Å². The van der Waals surface area contributed by atoms with Crippen LogP contribution in [0.2, 0.25) is 0 Å². The van der Waals surface area contributed by atoms with Gasteiger partial charge in [-0.3, -0.25) is 9.69 Å². The maximum Gasteiger partial charge on any atom is 0.223 e. The van der Waals surface area contributed by atoms with Crippen LogP contribution in [0.3, 0.4) is 0 Å². The van der Waals surface area contributed by atoms with Crippen LogP contribution < -0.4 is 5.32 Å². The fraction of sp³-hybridized carbons (Fsp3) is 0.778. The molecule has 0 radical (unpaired) electrons. The first-order chi connectivity index (χ1) is 11.6. The lowest BCUT2D eigenvalue weighted by Gasteiger charge is -2.46. The zero-order valence-corrected chi connectivity index (χ0v) is 15.2. The predicted molar refractivity (Wildman–Crippen MR) is 93.9 cm³/mol. The van der Waals surface area contributed by atoms with E-state index in [9.17, 15) is 4.79 Å². The maximum absolute atomic E-state index is 12.0. The van der Waals surface area contributed by atoms with Crippen molar-refractivity contribution in [2.45, 2.75) is 63.6 Å². The summed E-state index contributed by atoms with van der Waals surface area (Å²) >= 11 is 1.75. The van der Waals surface area contributed by atoms with E-state index in [1.165, 1.54) is 4.88 Å². The van der Waals surface area contributed by atoms with Gasteiger partial charge >= 0.3 is 0 Å². The SMILES string of the molecule is Cc1ncsc1CN1CCC2(CC1)CC(NC(=O)C1CC1)CCO2. The highest BCUT2D eigenvalue weighted by molar-refractivity contribution is 7.09. The summed E-state index contributed by atoms with van der Waals surface area (Å²) in [6, 6.07) is 0.308. The Hall–Kier alpha value is -0.980. The minimum Gasteiger partial charge on any atom is -0.375 e. The van der Waals surface area contributed by atoms with Gasteiger partial charge < -0.3 is 10.1 Å². The number of piperidine rings is 1. The number of carbonyl (C=O) groups excluding carboxylic acids is 1. The van der Waals surface area contributed by atoms with E-state index < -0.39 is 0 Å². The Labute approximate surface area is 147 Å². The quantitative estimate of drug-likeness (QED) is 0.907. The summed E-state index contributed by atoms with van der Waals surface area (Å²) in [6.45, 7) is 6.02. The van der Waals surface area contributed by atoms with Crippen LogP contribution in [0.1, 0.15) is 49.1 Å². The van der Waals surface area contributed by atoms with E-state index >= 15 is 0 Å². The number of amides is 1. The van der Waals surface area contributed by atoms with Crippen molar-refractivity contribution in [2.75, 3.05) is 19.7 Å². The van der Waals surface area contributed by atoms with Gasteiger partial charge in [0.2, 0.25) is 5.91 Å². The van der Waals surface area contributed by atoms with Crippen LogP contribution in [0.15, 0.2) is 5.51 Å². The molecule has 6 heteroatoms. The molecule has 1 unspecified atom stereocenters. The fourth-order valence-electron chi connectivity index (χ4n) is 3.96. The second-order valence-corrected chi connectivity index (χ2v) is 8.58. The molecule has 24 heavy (non-hydrogen) atoms. The van der Waals surface area contributed by atoms with Crippen molar-refractivity contribution in [3.8, 4) is 0 Å². The zero-order valence-electron chi connectivity index (χ0n) is 14.4. The van der Waals surface area contributed by atoms with Crippen LogP contribution in [0.25, 0.3) is 0 Å². The number of likely N-dealkylation sites (tertiary alicyclic amines) is 1. The van der Waals surface area contributed by atoms with Gasteiger partial charge in [-0.2, -0.15) is 0 Å². The number of thiazole rings is 1. The Kier molecular flexibility index (Phi) is 4.62. The second kappa shape index (κ2) is 6.73. The number of aryl methyl sites for hydroxylation is 1. The van der Waals surface area contributed by atoms with E-state index in [0.717, 1.165) is 70.5 Å². The molecule has 132 valence electrons. The number of carbonyl (C=O) groups is 1. The number of nitrogens with one attached hydrogen (secondary N) is 1. The first-order valence-corrected chi connectivity index (χ1v) is 10.1. The maximum atomic E-state index is 12.0. The molecule has 2 saturated heterocycles. The lowest BCUT2D eigenvalue weighted by Crippen LogP contribution is -2.53. The Morgan fingerprint density at radius 2 is 2.21 bits per heavy atom. The lowest BCUT2D eigenvalue weighted by molar-refractivity contribution is -0.132. The van der Waals surface area contributed by atoms with Crippen molar-refractivity contribution in [3.05, 3.63) is 16.1 Å². The molecule has 1 amide bonds. The summed E-state index contributed by atoms with van der Waals surface area (Å²) in [6.07, 6.45) is 6.24. The fourth-order valence-corrected chi connectivity index (χ4v) is 4.78. The predicted octanol–water partition coefficient (Wildman–Crippen LogP) is 2.49. The first-order valence-electron chi connectivity index (χ1n) is 9.19. The highest BCUT2D eigenvalue weighted by atomic mass is 32.1.